The number of carboxylic acids is 1. The fourth-order valence-corrected chi connectivity index (χ4v) is 0.568. The smallest absolute Gasteiger partial charge is 0.430 e. The van der Waals surface area contributed by atoms with E-state index in [0.29, 0.717) is 6.04 Å². The van der Waals surface area contributed by atoms with Crippen molar-refractivity contribution < 1.29 is 28.8 Å². The first kappa shape index (κ1) is 16.1. The Morgan fingerprint density at radius 2 is 1.60 bits per heavy atom. The summed E-state index contributed by atoms with van der Waals surface area (Å²) in [5.41, 5.74) is 3.88. The number of alkyl halides is 3. The lowest BCUT2D eigenvalue weighted by Crippen LogP contribution is -2.60. The number of aliphatic carboxylic acids is 1. The minimum Gasteiger partial charge on any atom is -0.542 e. The van der Waals surface area contributed by atoms with Gasteiger partial charge in [0.1, 0.15) is 5.97 Å². The zero-order chi connectivity index (χ0) is 12.5. The van der Waals surface area contributed by atoms with Gasteiger partial charge in [-0.15, -0.1) is 13.2 Å². The molecule has 0 aliphatic carbocycles. The second-order valence-electron chi connectivity index (χ2n) is 2.70. The SMILES string of the molecule is C=CCC([NH3+])CC=C.O=C([O-])C(F)(F)F. The van der Waals surface area contributed by atoms with Crippen molar-refractivity contribution in [3.8, 4) is 0 Å². The minimum absolute atomic E-state index is 0.477. The highest BCUT2D eigenvalue weighted by molar-refractivity contribution is 5.70. The van der Waals surface area contributed by atoms with Gasteiger partial charge in [0, 0.05) is 12.8 Å². The van der Waals surface area contributed by atoms with Crippen LogP contribution in [0.1, 0.15) is 12.8 Å². The molecular formula is C9H14F3NO2. The highest BCUT2D eigenvalue weighted by atomic mass is 19.4. The highest BCUT2D eigenvalue weighted by Crippen LogP contribution is 2.11. The molecule has 3 nitrogen and oxygen atoms in total. The average molecular weight is 225 g/mol. The van der Waals surface area contributed by atoms with Gasteiger partial charge in [0.05, 0.1) is 6.04 Å². The molecule has 0 aliphatic heterocycles. The van der Waals surface area contributed by atoms with Crippen molar-refractivity contribution in [1.82, 2.24) is 0 Å². The molecule has 0 radical (unpaired) electrons. The molecule has 0 heterocycles. The van der Waals surface area contributed by atoms with Crippen LogP contribution in [0.3, 0.4) is 0 Å². The van der Waals surface area contributed by atoms with Crippen LogP contribution >= 0.6 is 0 Å². The maximum Gasteiger partial charge on any atom is 0.430 e. The van der Waals surface area contributed by atoms with Crippen LogP contribution in [0.2, 0.25) is 0 Å². The molecule has 0 aromatic rings. The summed E-state index contributed by atoms with van der Waals surface area (Å²) in [7, 11) is 0. The molecule has 0 saturated heterocycles. The highest BCUT2D eigenvalue weighted by Gasteiger charge is 2.28. The van der Waals surface area contributed by atoms with Gasteiger partial charge < -0.3 is 15.6 Å². The number of hydrogen-bond acceptors (Lipinski definition) is 2. The molecular weight excluding hydrogens is 211 g/mol. The van der Waals surface area contributed by atoms with E-state index >= 15 is 0 Å². The van der Waals surface area contributed by atoms with Crippen molar-refractivity contribution in [2.24, 2.45) is 0 Å². The van der Waals surface area contributed by atoms with E-state index in [-0.39, 0.29) is 0 Å². The van der Waals surface area contributed by atoms with Crippen molar-refractivity contribution in [3.05, 3.63) is 25.3 Å². The molecule has 15 heavy (non-hydrogen) atoms. The lowest BCUT2D eigenvalue weighted by Gasteiger charge is -2.03. The third kappa shape index (κ3) is 12.7. The Kier molecular flexibility index (Phi) is 8.66. The normalized spacial score (nSPS) is 10.2. The molecule has 0 aromatic carbocycles. The van der Waals surface area contributed by atoms with Crippen LogP contribution in [0.15, 0.2) is 25.3 Å². The van der Waals surface area contributed by atoms with Gasteiger partial charge in [-0.2, -0.15) is 13.2 Å². The van der Waals surface area contributed by atoms with Gasteiger partial charge in [0.15, 0.2) is 0 Å². The van der Waals surface area contributed by atoms with Crippen LogP contribution in [-0.4, -0.2) is 18.2 Å². The molecule has 0 aliphatic rings. The molecule has 3 N–H and O–H groups in total. The molecule has 0 aromatic heterocycles. The van der Waals surface area contributed by atoms with E-state index in [0.717, 1.165) is 12.8 Å². The number of carboxylic acid groups (broad SMARTS) is 1. The number of quaternary nitrogens is 1. The number of carbonyl (C=O) groups is 1. The maximum atomic E-state index is 10.5. The van der Waals surface area contributed by atoms with Crippen LogP contribution in [0, 0.1) is 0 Å². The van der Waals surface area contributed by atoms with Crippen molar-refractivity contribution >= 4 is 5.97 Å². The average Bonchev–Trinajstić information content (AvgIpc) is 2.04. The summed E-state index contributed by atoms with van der Waals surface area (Å²) in [5, 5.41) is 8.78. The first-order valence-corrected chi connectivity index (χ1v) is 4.08. The van der Waals surface area contributed by atoms with Crippen LogP contribution in [0.5, 0.6) is 0 Å². The lowest BCUT2D eigenvalue weighted by molar-refractivity contribution is -0.417. The Bertz CT molecular complexity index is 204. The van der Waals surface area contributed by atoms with E-state index in [4.69, 9.17) is 9.90 Å². The number of carbonyl (C=O) groups excluding carboxylic acids is 1. The van der Waals surface area contributed by atoms with E-state index in [9.17, 15) is 13.2 Å². The lowest BCUT2D eigenvalue weighted by atomic mass is 10.1. The topological polar surface area (TPSA) is 67.8 Å². The third-order valence-corrected chi connectivity index (χ3v) is 1.23. The van der Waals surface area contributed by atoms with Gasteiger partial charge in [0.2, 0.25) is 0 Å². The summed E-state index contributed by atoms with van der Waals surface area (Å²) in [6.07, 6.45) is 0.570. The van der Waals surface area contributed by atoms with Crippen LogP contribution in [0.4, 0.5) is 13.2 Å². The molecule has 0 fully saturated rings. The number of halogens is 3. The fourth-order valence-electron chi connectivity index (χ4n) is 0.568. The molecule has 0 atom stereocenters. The van der Waals surface area contributed by atoms with Crippen molar-refractivity contribution in [1.29, 1.82) is 0 Å². The van der Waals surface area contributed by atoms with Crippen molar-refractivity contribution in [3.63, 3.8) is 0 Å². The van der Waals surface area contributed by atoms with E-state index in [2.05, 4.69) is 18.9 Å². The van der Waals surface area contributed by atoms with E-state index in [1.54, 1.807) is 0 Å². The molecule has 88 valence electrons. The summed E-state index contributed by atoms with van der Waals surface area (Å²) in [4.78, 5) is 8.78. The van der Waals surface area contributed by atoms with E-state index in [1.165, 1.54) is 0 Å². The predicted molar refractivity (Wildman–Crippen MR) is 47.4 cm³/mol. The second kappa shape index (κ2) is 8.05. The Morgan fingerprint density at radius 3 is 1.73 bits per heavy atom. The maximum absolute atomic E-state index is 10.5. The van der Waals surface area contributed by atoms with Crippen LogP contribution < -0.4 is 10.8 Å². The quantitative estimate of drug-likeness (QED) is 0.687. The second-order valence-corrected chi connectivity index (χ2v) is 2.70. The summed E-state index contributed by atoms with van der Waals surface area (Å²) < 4.78 is 31.5. The largest absolute Gasteiger partial charge is 0.542 e. The molecule has 0 bridgehead atoms. The fraction of sp³-hybridized carbons (Fsp3) is 0.444. The third-order valence-electron chi connectivity index (χ3n) is 1.23. The molecule has 0 amide bonds. The monoisotopic (exact) mass is 225 g/mol. The van der Waals surface area contributed by atoms with Gasteiger partial charge in [-0.3, -0.25) is 0 Å². The summed E-state index contributed by atoms with van der Waals surface area (Å²) in [6.45, 7) is 7.22. The molecule has 0 saturated carbocycles. The van der Waals surface area contributed by atoms with E-state index < -0.39 is 12.1 Å². The standard InChI is InChI=1S/C7H13N.C2HF3O2/c1-3-5-7(8)6-4-2;3-2(4,5)1(6)7/h3-4,7H,1-2,5-6,8H2;(H,6,7). The Labute approximate surface area is 86.1 Å². The van der Waals surface area contributed by atoms with Crippen LogP contribution in [0.25, 0.3) is 0 Å². The minimum atomic E-state index is -5.19. The Balaban J connectivity index is 0. The summed E-state index contributed by atoms with van der Waals surface area (Å²) in [6, 6.07) is 0.477. The van der Waals surface area contributed by atoms with Gasteiger partial charge in [0.25, 0.3) is 0 Å². The van der Waals surface area contributed by atoms with Crippen LogP contribution in [-0.2, 0) is 4.79 Å². The van der Waals surface area contributed by atoms with Gasteiger partial charge in [-0.25, -0.2) is 0 Å². The summed E-state index contributed by atoms with van der Waals surface area (Å²) >= 11 is 0. The van der Waals surface area contributed by atoms with Gasteiger partial charge in [-0.05, 0) is 0 Å². The van der Waals surface area contributed by atoms with Gasteiger partial charge in [-0.1, -0.05) is 12.2 Å². The molecule has 6 heteroatoms. The predicted octanol–water partition coefficient (Wildman–Crippen LogP) is 0.0477. The zero-order valence-corrected chi connectivity index (χ0v) is 8.22. The zero-order valence-electron chi connectivity index (χ0n) is 8.22. The first-order valence-electron chi connectivity index (χ1n) is 4.08. The summed E-state index contributed by atoms with van der Waals surface area (Å²) in [5.74, 6) is -3.01. The Morgan fingerprint density at radius 1 is 1.33 bits per heavy atom. The van der Waals surface area contributed by atoms with E-state index in [1.807, 2.05) is 12.2 Å². The first-order chi connectivity index (χ1) is 6.75. The number of hydrogen-bond donors (Lipinski definition) is 1. The van der Waals surface area contributed by atoms with Crippen molar-refractivity contribution in [2.75, 3.05) is 0 Å². The number of rotatable bonds is 4. The molecule has 0 spiro atoms. The molecule has 0 rings (SSSR count). The molecule has 0 unspecified atom stereocenters. The Hall–Kier alpha value is -1.30. The van der Waals surface area contributed by atoms with Gasteiger partial charge >= 0.3 is 6.18 Å². The van der Waals surface area contributed by atoms with Crippen molar-refractivity contribution in [2.45, 2.75) is 25.1 Å².